The number of amides is 1. The zero-order valence-corrected chi connectivity index (χ0v) is 11.1. The molecule has 17 heavy (non-hydrogen) atoms. The van der Waals surface area contributed by atoms with Gasteiger partial charge in [-0.15, -0.1) is 5.92 Å². The third-order valence-corrected chi connectivity index (χ3v) is 2.30. The number of carbonyl (C=O) groups excluding carboxylic acids is 1. The van der Waals surface area contributed by atoms with Crippen molar-refractivity contribution in [3.05, 3.63) is 0 Å². The van der Waals surface area contributed by atoms with E-state index >= 15 is 0 Å². The summed E-state index contributed by atoms with van der Waals surface area (Å²) in [5.74, 6) is 5.80. The smallest absolute Gasteiger partial charge is 0.410 e. The van der Waals surface area contributed by atoms with E-state index in [0.29, 0.717) is 26.1 Å². The summed E-state index contributed by atoms with van der Waals surface area (Å²) >= 11 is 0. The van der Waals surface area contributed by atoms with Crippen LogP contribution in [0.25, 0.3) is 0 Å². The van der Waals surface area contributed by atoms with Crippen LogP contribution < -0.4 is 0 Å². The maximum atomic E-state index is 11.8. The van der Waals surface area contributed by atoms with Gasteiger partial charge in [-0.1, -0.05) is 0 Å². The topological polar surface area (TPSA) is 38.8 Å². The molecular formula is C12H20BNO3. The van der Waals surface area contributed by atoms with E-state index in [1.165, 1.54) is 0 Å². The third kappa shape index (κ3) is 5.14. The summed E-state index contributed by atoms with van der Waals surface area (Å²) in [5, 5.41) is 0. The highest BCUT2D eigenvalue weighted by atomic mass is 16.6. The second-order valence-electron chi connectivity index (χ2n) is 5.05. The fourth-order valence-electron chi connectivity index (χ4n) is 1.55. The Kier molecular flexibility index (Phi) is 4.89. The van der Waals surface area contributed by atoms with E-state index in [-0.39, 0.29) is 12.2 Å². The number of morpholine rings is 1. The van der Waals surface area contributed by atoms with Crippen molar-refractivity contribution in [2.24, 2.45) is 0 Å². The summed E-state index contributed by atoms with van der Waals surface area (Å²) in [4.78, 5) is 13.5. The third-order valence-electron chi connectivity index (χ3n) is 2.30. The minimum absolute atomic E-state index is 0.00344. The molecule has 1 saturated heterocycles. The Hall–Kier alpha value is -1.15. The van der Waals surface area contributed by atoms with Crippen LogP contribution in [-0.4, -0.2) is 50.2 Å². The molecule has 0 aromatic heterocycles. The predicted octanol–water partition coefficient (Wildman–Crippen LogP) is 0.606. The average molecular weight is 237 g/mol. The lowest BCUT2D eigenvalue weighted by Gasteiger charge is -2.33. The standard InChI is InChI=1S/C12H20BNO3/c1-12(2,3)17-11(15)14-7-8-16-10(9-14)5-4-6-13/h10H,5,7-9,13H2,1-3H3. The fourth-order valence-corrected chi connectivity index (χ4v) is 1.55. The minimum Gasteiger partial charge on any atom is -0.444 e. The first-order valence-electron chi connectivity index (χ1n) is 5.91. The highest BCUT2D eigenvalue weighted by molar-refractivity contribution is 6.22. The van der Waals surface area contributed by atoms with Gasteiger partial charge in [0.05, 0.1) is 19.3 Å². The van der Waals surface area contributed by atoms with Gasteiger partial charge >= 0.3 is 6.09 Å². The van der Waals surface area contributed by atoms with Crippen molar-refractivity contribution in [1.29, 1.82) is 0 Å². The molecule has 1 atom stereocenters. The van der Waals surface area contributed by atoms with Crippen LogP contribution in [0.5, 0.6) is 0 Å². The number of nitrogens with zero attached hydrogens (tertiary/aromatic N) is 1. The second-order valence-corrected chi connectivity index (χ2v) is 5.05. The van der Waals surface area contributed by atoms with E-state index in [9.17, 15) is 4.79 Å². The molecule has 0 aromatic carbocycles. The van der Waals surface area contributed by atoms with E-state index in [1.807, 2.05) is 20.8 Å². The van der Waals surface area contributed by atoms with Crippen LogP contribution in [0.15, 0.2) is 0 Å². The molecule has 1 unspecified atom stereocenters. The molecule has 0 aliphatic carbocycles. The van der Waals surface area contributed by atoms with Crippen LogP contribution in [0.3, 0.4) is 0 Å². The van der Waals surface area contributed by atoms with Gasteiger partial charge in [-0.2, -0.15) is 5.82 Å². The number of rotatable bonds is 1. The molecule has 4 nitrogen and oxygen atoms in total. The van der Waals surface area contributed by atoms with Crippen molar-refractivity contribution in [3.8, 4) is 11.7 Å². The van der Waals surface area contributed by atoms with E-state index in [0.717, 1.165) is 0 Å². The van der Waals surface area contributed by atoms with Gasteiger partial charge in [-0.3, -0.25) is 0 Å². The molecular weight excluding hydrogens is 217 g/mol. The first kappa shape index (κ1) is 13.9. The van der Waals surface area contributed by atoms with E-state index in [4.69, 9.17) is 9.47 Å². The molecule has 1 aliphatic heterocycles. The number of hydrogen-bond acceptors (Lipinski definition) is 3. The Labute approximate surface area is 104 Å². The predicted molar refractivity (Wildman–Crippen MR) is 68.5 cm³/mol. The van der Waals surface area contributed by atoms with Crippen molar-refractivity contribution in [1.82, 2.24) is 4.90 Å². The van der Waals surface area contributed by atoms with Crippen LogP contribution in [0.2, 0.25) is 0 Å². The summed E-state index contributed by atoms with van der Waals surface area (Å²) < 4.78 is 10.9. The highest BCUT2D eigenvalue weighted by Gasteiger charge is 2.27. The maximum Gasteiger partial charge on any atom is 0.410 e. The first-order valence-corrected chi connectivity index (χ1v) is 5.91. The molecule has 1 heterocycles. The quantitative estimate of drug-likeness (QED) is 0.495. The van der Waals surface area contributed by atoms with Crippen molar-refractivity contribution >= 4 is 13.9 Å². The molecule has 0 saturated carbocycles. The largest absolute Gasteiger partial charge is 0.444 e. The van der Waals surface area contributed by atoms with Crippen molar-refractivity contribution < 1.29 is 14.3 Å². The monoisotopic (exact) mass is 237 g/mol. The normalized spacial score (nSPS) is 20.4. The van der Waals surface area contributed by atoms with Crippen LogP contribution in [0, 0.1) is 11.7 Å². The molecule has 0 radical (unpaired) electrons. The van der Waals surface area contributed by atoms with Gasteiger partial charge in [0, 0.05) is 13.0 Å². The molecule has 1 amide bonds. The zero-order chi connectivity index (χ0) is 12.9. The van der Waals surface area contributed by atoms with Gasteiger partial charge in [0.25, 0.3) is 0 Å². The van der Waals surface area contributed by atoms with E-state index in [1.54, 1.807) is 12.7 Å². The molecule has 94 valence electrons. The van der Waals surface area contributed by atoms with Crippen molar-refractivity contribution in [2.75, 3.05) is 19.7 Å². The molecule has 0 aromatic rings. The summed E-state index contributed by atoms with van der Waals surface area (Å²) in [6, 6.07) is 0. The van der Waals surface area contributed by atoms with Crippen LogP contribution in [0.1, 0.15) is 27.2 Å². The lowest BCUT2D eigenvalue weighted by Crippen LogP contribution is -2.47. The first-order chi connectivity index (χ1) is 7.92. The Morgan fingerprint density at radius 1 is 1.59 bits per heavy atom. The Balaban J connectivity index is 2.47. The second kappa shape index (κ2) is 5.97. The van der Waals surface area contributed by atoms with Gasteiger partial charge in [0.2, 0.25) is 0 Å². The zero-order valence-electron chi connectivity index (χ0n) is 11.1. The van der Waals surface area contributed by atoms with Crippen molar-refractivity contribution in [3.63, 3.8) is 0 Å². The van der Waals surface area contributed by atoms with Gasteiger partial charge < -0.3 is 14.4 Å². The molecule has 5 heteroatoms. The number of ether oxygens (including phenoxy) is 2. The fraction of sp³-hybridized carbons (Fsp3) is 0.750. The number of hydrogen-bond donors (Lipinski definition) is 0. The summed E-state index contributed by atoms with van der Waals surface area (Å²) in [6.45, 7) is 7.30. The molecule has 0 N–H and O–H groups in total. The van der Waals surface area contributed by atoms with E-state index in [2.05, 4.69) is 11.7 Å². The minimum atomic E-state index is -0.450. The van der Waals surface area contributed by atoms with Gasteiger partial charge in [0.1, 0.15) is 5.60 Å². The lowest BCUT2D eigenvalue weighted by molar-refractivity contribution is -0.0399. The molecule has 1 aliphatic rings. The van der Waals surface area contributed by atoms with Crippen LogP contribution >= 0.6 is 0 Å². The summed E-state index contributed by atoms with van der Waals surface area (Å²) in [6.07, 6.45) is 0.398. The van der Waals surface area contributed by atoms with Crippen molar-refractivity contribution in [2.45, 2.75) is 38.9 Å². The summed E-state index contributed by atoms with van der Waals surface area (Å²) in [5.41, 5.74) is -0.450. The molecule has 1 fully saturated rings. The lowest BCUT2D eigenvalue weighted by atomic mass is 10.1. The SMILES string of the molecule is BC#CCC1CN(C(=O)OC(C)(C)C)CCO1. The molecule has 0 spiro atoms. The van der Waals surface area contributed by atoms with Gasteiger partial charge in [-0.25, -0.2) is 4.79 Å². The molecule has 0 bridgehead atoms. The maximum absolute atomic E-state index is 11.8. The Morgan fingerprint density at radius 3 is 2.88 bits per heavy atom. The number of carbonyl (C=O) groups is 1. The van der Waals surface area contributed by atoms with Crippen LogP contribution in [0.4, 0.5) is 4.79 Å². The average Bonchev–Trinajstić information content (AvgIpc) is 2.24. The Bertz CT molecular complexity index is 327. The van der Waals surface area contributed by atoms with E-state index < -0.39 is 5.60 Å². The Morgan fingerprint density at radius 2 is 2.29 bits per heavy atom. The van der Waals surface area contributed by atoms with Gasteiger partial charge in [-0.05, 0) is 20.8 Å². The van der Waals surface area contributed by atoms with Crippen LogP contribution in [-0.2, 0) is 9.47 Å². The van der Waals surface area contributed by atoms with Gasteiger partial charge in [0.15, 0.2) is 7.85 Å². The summed E-state index contributed by atoms with van der Waals surface area (Å²) in [7, 11) is 1.80. The highest BCUT2D eigenvalue weighted by Crippen LogP contribution is 2.14. The molecule has 1 rings (SSSR count).